The fourth-order valence-corrected chi connectivity index (χ4v) is 6.08. The van der Waals surface area contributed by atoms with Crippen LogP contribution in [0.2, 0.25) is 0 Å². The molecule has 0 aliphatic heterocycles. The topological polar surface area (TPSA) is 3.24 Å². The monoisotopic (exact) mass is 495 g/mol. The molecule has 1 nitrogen and oxygen atoms in total. The van der Waals surface area contributed by atoms with Gasteiger partial charge in [-0.05, 0) is 92.5 Å². The van der Waals surface area contributed by atoms with E-state index in [-0.39, 0.29) is 0 Å². The first-order valence-electron chi connectivity index (χ1n) is 13.5. The van der Waals surface area contributed by atoms with E-state index in [9.17, 15) is 0 Å². The predicted octanol–water partition coefficient (Wildman–Crippen LogP) is 10.8. The van der Waals surface area contributed by atoms with Crippen LogP contribution in [0.1, 0.15) is 0 Å². The van der Waals surface area contributed by atoms with Crippen LogP contribution < -0.4 is 4.90 Å². The van der Waals surface area contributed by atoms with Crippen LogP contribution in [-0.4, -0.2) is 0 Å². The molecule has 182 valence electrons. The number of hydrogen-bond donors (Lipinski definition) is 0. The highest BCUT2D eigenvalue weighted by Crippen LogP contribution is 2.57. The summed E-state index contributed by atoms with van der Waals surface area (Å²) in [6.07, 6.45) is 0. The second-order valence-corrected chi connectivity index (χ2v) is 10.2. The van der Waals surface area contributed by atoms with Crippen molar-refractivity contribution in [2.24, 2.45) is 0 Å². The van der Waals surface area contributed by atoms with E-state index >= 15 is 0 Å². The third-order valence-electron chi connectivity index (χ3n) is 7.92. The Labute approximate surface area is 228 Å². The molecule has 0 radical (unpaired) electrons. The van der Waals surface area contributed by atoms with Gasteiger partial charge in [0.05, 0.1) is 5.69 Å². The standard InChI is InChI=1S/C38H25N/c1-4-12-26(13-5-1)27-20-21-28-23-34-35-24-29-14-10-11-19-33(29)38(37(35)36(34)25-30(28)22-27)39(31-15-6-2-7-16-31)32-17-8-3-9-18-32/h1-25H. The van der Waals surface area contributed by atoms with Crippen LogP contribution in [0.15, 0.2) is 152 Å². The van der Waals surface area contributed by atoms with E-state index in [0.29, 0.717) is 0 Å². The van der Waals surface area contributed by atoms with Crippen molar-refractivity contribution in [3.8, 4) is 33.4 Å². The van der Waals surface area contributed by atoms with Crippen molar-refractivity contribution in [3.63, 3.8) is 0 Å². The lowest BCUT2D eigenvalue weighted by Crippen LogP contribution is -2.14. The minimum absolute atomic E-state index is 1.16. The molecule has 0 saturated carbocycles. The Hall–Kier alpha value is -5.14. The fraction of sp³-hybridized carbons (Fsp3) is 0. The number of fused-ring (bicyclic) bond motifs is 6. The fourth-order valence-electron chi connectivity index (χ4n) is 6.08. The van der Waals surface area contributed by atoms with Crippen molar-refractivity contribution < 1.29 is 0 Å². The van der Waals surface area contributed by atoms with Crippen LogP contribution in [0.5, 0.6) is 0 Å². The van der Waals surface area contributed by atoms with Gasteiger partial charge in [0.15, 0.2) is 0 Å². The van der Waals surface area contributed by atoms with E-state index in [1.54, 1.807) is 0 Å². The Balaban J connectivity index is 1.40. The molecule has 8 rings (SSSR count). The first-order chi connectivity index (χ1) is 19.3. The second-order valence-electron chi connectivity index (χ2n) is 10.2. The Kier molecular flexibility index (Phi) is 4.89. The third-order valence-corrected chi connectivity index (χ3v) is 7.92. The van der Waals surface area contributed by atoms with Crippen LogP contribution in [-0.2, 0) is 0 Å². The highest BCUT2D eigenvalue weighted by Gasteiger charge is 2.31. The van der Waals surface area contributed by atoms with E-state index in [2.05, 4.69) is 157 Å². The van der Waals surface area contributed by atoms with Crippen LogP contribution in [0.4, 0.5) is 17.1 Å². The van der Waals surface area contributed by atoms with Gasteiger partial charge in [0.2, 0.25) is 0 Å². The molecule has 0 bridgehead atoms. The maximum absolute atomic E-state index is 2.43. The van der Waals surface area contributed by atoms with E-state index in [4.69, 9.17) is 0 Å². The van der Waals surface area contributed by atoms with E-state index in [0.717, 1.165) is 11.4 Å². The van der Waals surface area contributed by atoms with Gasteiger partial charge in [-0.2, -0.15) is 0 Å². The van der Waals surface area contributed by atoms with E-state index in [1.165, 1.54) is 60.6 Å². The van der Waals surface area contributed by atoms with E-state index < -0.39 is 0 Å². The maximum atomic E-state index is 2.43. The normalized spacial score (nSPS) is 11.6. The molecule has 0 unspecified atom stereocenters. The summed E-state index contributed by atoms with van der Waals surface area (Å²) in [4.78, 5) is 2.43. The average molecular weight is 496 g/mol. The Morgan fingerprint density at radius 2 is 0.949 bits per heavy atom. The summed E-state index contributed by atoms with van der Waals surface area (Å²) >= 11 is 0. The number of para-hydroxylation sites is 2. The van der Waals surface area contributed by atoms with Crippen LogP contribution in [0.25, 0.3) is 54.9 Å². The molecule has 1 heteroatoms. The van der Waals surface area contributed by atoms with Gasteiger partial charge in [0, 0.05) is 22.3 Å². The molecule has 1 aliphatic carbocycles. The van der Waals surface area contributed by atoms with Crippen LogP contribution >= 0.6 is 0 Å². The molecular formula is C38H25N. The highest BCUT2D eigenvalue weighted by molar-refractivity contribution is 6.20. The minimum atomic E-state index is 1.16. The predicted molar refractivity (Wildman–Crippen MR) is 166 cm³/mol. The lowest BCUT2D eigenvalue weighted by atomic mass is 9.76. The van der Waals surface area contributed by atoms with Crippen molar-refractivity contribution in [2.75, 3.05) is 4.90 Å². The second kappa shape index (κ2) is 8.72. The van der Waals surface area contributed by atoms with Gasteiger partial charge >= 0.3 is 0 Å². The van der Waals surface area contributed by atoms with Crippen molar-refractivity contribution >= 4 is 38.6 Å². The molecule has 0 N–H and O–H groups in total. The Morgan fingerprint density at radius 1 is 0.359 bits per heavy atom. The smallest absolute Gasteiger partial charge is 0.0624 e. The van der Waals surface area contributed by atoms with Gasteiger partial charge in [-0.25, -0.2) is 0 Å². The number of anilines is 3. The zero-order valence-corrected chi connectivity index (χ0v) is 21.4. The quantitative estimate of drug-likeness (QED) is 0.235. The summed E-state index contributed by atoms with van der Waals surface area (Å²) in [6.45, 7) is 0. The first kappa shape index (κ1) is 21.9. The summed E-state index contributed by atoms with van der Waals surface area (Å²) in [5.41, 5.74) is 11.3. The van der Waals surface area contributed by atoms with Gasteiger partial charge < -0.3 is 4.90 Å². The molecule has 0 fully saturated rings. The van der Waals surface area contributed by atoms with Crippen molar-refractivity contribution in [1.82, 2.24) is 0 Å². The van der Waals surface area contributed by atoms with Crippen LogP contribution in [0.3, 0.4) is 0 Å². The molecule has 0 aromatic heterocycles. The molecule has 0 spiro atoms. The molecule has 0 atom stereocenters. The third kappa shape index (κ3) is 3.48. The summed E-state index contributed by atoms with van der Waals surface area (Å²) in [7, 11) is 0. The number of hydrogen-bond acceptors (Lipinski definition) is 1. The average Bonchev–Trinajstić information content (AvgIpc) is 3.01. The first-order valence-corrected chi connectivity index (χ1v) is 13.5. The molecule has 39 heavy (non-hydrogen) atoms. The summed E-state index contributed by atoms with van der Waals surface area (Å²) in [6, 6.07) is 54.8. The highest BCUT2D eigenvalue weighted by atomic mass is 15.1. The Morgan fingerprint density at radius 3 is 1.67 bits per heavy atom. The Bertz CT molecular complexity index is 1950. The zero-order valence-electron chi connectivity index (χ0n) is 21.4. The van der Waals surface area contributed by atoms with E-state index in [1.807, 2.05) is 0 Å². The molecule has 0 heterocycles. The lowest BCUT2D eigenvalue weighted by Gasteiger charge is -2.35. The van der Waals surface area contributed by atoms with Gasteiger partial charge in [-0.1, -0.05) is 103 Å². The summed E-state index contributed by atoms with van der Waals surface area (Å²) < 4.78 is 0. The number of benzene rings is 7. The van der Waals surface area contributed by atoms with Crippen molar-refractivity contribution in [2.45, 2.75) is 0 Å². The van der Waals surface area contributed by atoms with Gasteiger partial charge in [0.25, 0.3) is 0 Å². The minimum Gasteiger partial charge on any atom is -0.309 e. The lowest BCUT2D eigenvalue weighted by molar-refractivity contribution is 1.29. The van der Waals surface area contributed by atoms with Gasteiger partial charge in [-0.3, -0.25) is 0 Å². The molecule has 0 amide bonds. The van der Waals surface area contributed by atoms with Gasteiger partial charge in [-0.15, -0.1) is 0 Å². The van der Waals surface area contributed by atoms with Crippen molar-refractivity contribution in [3.05, 3.63) is 152 Å². The molecule has 7 aromatic rings. The SMILES string of the molecule is c1ccc(-c2ccc3cc4c(cc3c2)-c2c-4cc3ccccc3c2N(c2ccccc2)c2ccccc2)cc1. The molecule has 7 aromatic carbocycles. The molecular weight excluding hydrogens is 470 g/mol. The van der Waals surface area contributed by atoms with Crippen LogP contribution in [0, 0.1) is 0 Å². The molecule has 1 aliphatic rings. The van der Waals surface area contributed by atoms with Gasteiger partial charge in [0.1, 0.15) is 0 Å². The zero-order chi connectivity index (χ0) is 25.8. The summed E-state index contributed by atoms with van der Waals surface area (Å²) in [5.74, 6) is 0. The number of rotatable bonds is 4. The maximum Gasteiger partial charge on any atom is 0.0624 e. The largest absolute Gasteiger partial charge is 0.309 e. The number of nitrogens with zero attached hydrogens (tertiary/aromatic N) is 1. The molecule has 0 saturated heterocycles. The van der Waals surface area contributed by atoms with Crippen molar-refractivity contribution in [1.29, 1.82) is 0 Å². The summed E-state index contributed by atoms with van der Waals surface area (Å²) in [5, 5.41) is 5.06.